The van der Waals surface area contributed by atoms with Crippen molar-refractivity contribution in [3.63, 3.8) is 0 Å². The van der Waals surface area contributed by atoms with Crippen molar-refractivity contribution in [2.45, 2.75) is 44.9 Å². The van der Waals surface area contributed by atoms with Crippen LogP contribution in [-0.2, 0) is 5.41 Å². The normalized spacial score (nSPS) is 14.2. The number of rotatable bonds is 4. The van der Waals surface area contributed by atoms with Crippen molar-refractivity contribution < 1.29 is 0 Å². The summed E-state index contributed by atoms with van der Waals surface area (Å²) >= 11 is 20.6. The monoisotopic (exact) mass is 502 g/mol. The molecule has 1 aliphatic rings. The summed E-state index contributed by atoms with van der Waals surface area (Å²) in [4.78, 5) is 5.11. The van der Waals surface area contributed by atoms with Gasteiger partial charge in [-0.25, -0.2) is 4.98 Å². The van der Waals surface area contributed by atoms with Gasteiger partial charge in [0, 0.05) is 32.6 Å². The topological polar surface area (TPSA) is 43.6 Å². The van der Waals surface area contributed by atoms with Crippen LogP contribution in [0, 0.1) is 0 Å². The molecule has 0 atom stereocenters. The zero-order chi connectivity index (χ0) is 22.6. The summed E-state index contributed by atoms with van der Waals surface area (Å²) in [7, 11) is 0. The number of hydrogen-bond acceptors (Lipinski definition) is 4. The van der Waals surface area contributed by atoms with Crippen LogP contribution in [0.2, 0.25) is 15.1 Å². The van der Waals surface area contributed by atoms with Gasteiger partial charge in [-0.2, -0.15) is 0 Å². The van der Waals surface area contributed by atoms with Crippen molar-refractivity contribution in [3.05, 3.63) is 68.2 Å². The summed E-state index contributed by atoms with van der Waals surface area (Å²) in [6.07, 6.45) is 2.23. The van der Waals surface area contributed by atoms with Gasteiger partial charge in [0.05, 0.1) is 10.7 Å². The molecule has 0 unspecified atom stereocenters. The first kappa shape index (κ1) is 21.9. The smallest absolute Gasteiger partial charge is 0.168 e. The molecule has 1 aliphatic carbocycles. The number of hydrogen-bond donors (Lipinski definition) is 0. The van der Waals surface area contributed by atoms with Gasteiger partial charge >= 0.3 is 0 Å². The second-order valence-electron chi connectivity index (χ2n) is 9.04. The van der Waals surface area contributed by atoms with E-state index in [4.69, 9.17) is 39.8 Å². The second-order valence-corrected chi connectivity index (χ2v) is 11.3. The molecule has 164 valence electrons. The Morgan fingerprint density at radius 2 is 1.62 bits per heavy atom. The lowest BCUT2D eigenvalue weighted by atomic mass is 9.98. The van der Waals surface area contributed by atoms with Gasteiger partial charge in [-0.05, 0) is 55.3 Å². The van der Waals surface area contributed by atoms with E-state index in [-0.39, 0.29) is 5.41 Å². The molecule has 8 heteroatoms. The highest BCUT2D eigenvalue weighted by molar-refractivity contribution is 7.14. The molecule has 0 radical (unpaired) electrons. The Morgan fingerprint density at radius 3 is 2.22 bits per heavy atom. The fourth-order valence-electron chi connectivity index (χ4n) is 3.65. The Labute approximate surface area is 206 Å². The number of nitrogens with zero attached hydrogens (tertiary/aromatic N) is 4. The summed E-state index contributed by atoms with van der Waals surface area (Å²) < 4.78 is 2.19. The van der Waals surface area contributed by atoms with Crippen molar-refractivity contribution in [1.82, 2.24) is 19.7 Å². The summed E-state index contributed by atoms with van der Waals surface area (Å²) in [6, 6.07) is 13.3. The molecule has 0 amide bonds. The fraction of sp³-hybridized carbons (Fsp3) is 0.292. The van der Waals surface area contributed by atoms with Crippen LogP contribution in [0.3, 0.4) is 0 Å². The third-order valence-corrected chi connectivity index (χ3v) is 7.56. The maximum absolute atomic E-state index is 6.63. The van der Waals surface area contributed by atoms with Crippen molar-refractivity contribution in [2.75, 3.05) is 0 Å². The third kappa shape index (κ3) is 4.08. The van der Waals surface area contributed by atoms with Crippen LogP contribution < -0.4 is 0 Å². The average molecular weight is 504 g/mol. The number of benzene rings is 2. The molecular formula is C24H21Cl3N4S. The molecule has 4 aromatic rings. The van der Waals surface area contributed by atoms with E-state index in [1.165, 1.54) is 0 Å². The van der Waals surface area contributed by atoms with Crippen LogP contribution in [0.25, 0.3) is 27.8 Å². The lowest BCUT2D eigenvalue weighted by molar-refractivity contribution is 0.578. The van der Waals surface area contributed by atoms with E-state index in [2.05, 4.69) is 35.5 Å². The average Bonchev–Trinajstić information content (AvgIpc) is 3.30. The standard InChI is InChI=1S/C24H21Cl3N4S/c1-24(2,3)23-30-29-22(32-23)19-20(13-4-5-13)31(16-9-6-14(25)7-10-16)21(28-19)17-11-8-15(26)12-18(17)27/h6-13H,4-5H2,1-3H3. The van der Waals surface area contributed by atoms with E-state index >= 15 is 0 Å². The summed E-state index contributed by atoms with van der Waals surface area (Å²) in [5.74, 6) is 1.17. The van der Waals surface area contributed by atoms with Gasteiger partial charge in [-0.15, -0.1) is 10.2 Å². The van der Waals surface area contributed by atoms with Gasteiger partial charge in [0.25, 0.3) is 0 Å². The highest BCUT2D eigenvalue weighted by atomic mass is 35.5. The zero-order valence-corrected chi connectivity index (χ0v) is 20.9. The Hall–Kier alpha value is -1.92. The van der Waals surface area contributed by atoms with Crippen LogP contribution in [0.15, 0.2) is 42.5 Å². The van der Waals surface area contributed by atoms with Gasteiger partial charge < -0.3 is 0 Å². The first-order chi connectivity index (χ1) is 15.2. The van der Waals surface area contributed by atoms with E-state index in [1.54, 1.807) is 17.4 Å². The first-order valence-electron chi connectivity index (χ1n) is 10.4. The highest BCUT2D eigenvalue weighted by Gasteiger charge is 2.35. The zero-order valence-electron chi connectivity index (χ0n) is 17.9. The molecule has 4 nitrogen and oxygen atoms in total. The SMILES string of the molecule is CC(C)(C)c1nnc(-c2nc(-c3ccc(Cl)cc3Cl)n(-c3ccc(Cl)cc3)c2C2CC2)s1. The minimum atomic E-state index is -0.0727. The Bertz CT molecular complexity index is 1300. The molecular weight excluding hydrogens is 483 g/mol. The van der Waals surface area contributed by atoms with E-state index in [0.717, 1.165) is 51.3 Å². The lowest BCUT2D eigenvalue weighted by Crippen LogP contribution is -2.10. The number of aromatic nitrogens is 4. The van der Waals surface area contributed by atoms with Crippen LogP contribution in [0.5, 0.6) is 0 Å². The van der Waals surface area contributed by atoms with Crippen molar-refractivity contribution in [2.24, 2.45) is 0 Å². The highest BCUT2D eigenvalue weighted by Crippen LogP contribution is 2.48. The van der Waals surface area contributed by atoms with Crippen molar-refractivity contribution in [1.29, 1.82) is 0 Å². The molecule has 0 saturated heterocycles. The molecule has 1 fully saturated rings. The number of imidazole rings is 1. The van der Waals surface area contributed by atoms with Gasteiger partial charge in [0.1, 0.15) is 16.5 Å². The molecule has 0 bridgehead atoms. The van der Waals surface area contributed by atoms with Crippen LogP contribution in [0.4, 0.5) is 0 Å². The second kappa shape index (κ2) is 8.14. The summed E-state index contributed by atoms with van der Waals surface area (Å²) in [6.45, 7) is 6.43. The predicted molar refractivity (Wildman–Crippen MR) is 134 cm³/mol. The molecule has 32 heavy (non-hydrogen) atoms. The van der Waals surface area contributed by atoms with E-state index < -0.39 is 0 Å². The van der Waals surface area contributed by atoms with E-state index in [1.807, 2.05) is 36.4 Å². The minimum Gasteiger partial charge on any atom is -0.296 e. The van der Waals surface area contributed by atoms with Crippen molar-refractivity contribution in [3.8, 4) is 27.8 Å². The Kier molecular flexibility index (Phi) is 5.57. The molecule has 1 saturated carbocycles. The largest absolute Gasteiger partial charge is 0.296 e. The van der Waals surface area contributed by atoms with Crippen LogP contribution in [0.1, 0.15) is 50.2 Å². The molecule has 2 aromatic heterocycles. The molecule has 5 rings (SSSR count). The maximum Gasteiger partial charge on any atom is 0.168 e. The van der Waals surface area contributed by atoms with Crippen LogP contribution >= 0.6 is 46.1 Å². The molecule has 0 aliphatic heterocycles. The quantitative estimate of drug-likeness (QED) is 0.282. The first-order valence-corrected chi connectivity index (χ1v) is 12.4. The predicted octanol–water partition coefficient (Wildman–Crippen LogP) is 8.19. The molecule has 2 aromatic carbocycles. The third-order valence-electron chi connectivity index (χ3n) is 5.40. The van der Waals surface area contributed by atoms with Gasteiger partial charge in [-0.1, -0.05) is 66.9 Å². The molecule has 0 spiro atoms. The van der Waals surface area contributed by atoms with Gasteiger partial charge in [0.15, 0.2) is 5.01 Å². The Balaban J connectivity index is 1.78. The van der Waals surface area contributed by atoms with Gasteiger partial charge in [-0.3, -0.25) is 4.57 Å². The maximum atomic E-state index is 6.63. The van der Waals surface area contributed by atoms with Crippen LogP contribution in [-0.4, -0.2) is 19.7 Å². The van der Waals surface area contributed by atoms with Gasteiger partial charge in [0.2, 0.25) is 0 Å². The fourth-order valence-corrected chi connectivity index (χ4v) is 5.17. The number of halogens is 3. The molecule has 0 N–H and O–H groups in total. The Morgan fingerprint density at radius 1 is 0.938 bits per heavy atom. The molecule has 2 heterocycles. The minimum absolute atomic E-state index is 0.0727. The van der Waals surface area contributed by atoms with Crippen molar-refractivity contribution >= 4 is 46.1 Å². The summed E-state index contributed by atoms with van der Waals surface area (Å²) in [5.41, 5.74) is 3.74. The lowest BCUT2D eigenvalue weighted by Gasteiger charge is -2.13. The van der Waals surface area contributed by atoms with E-state index in [0.29, 0.717) is 21.0 Å². The van der Waals surface area contributed by atoms with E-state index in [9.17, 15) is 0 Å². The summed E-state index contributed by atoms with van der Waals surface area (Å²) in [5, 5.41) is 12.6.